The van der Waals surface area contributed by atoms with Crippen molar-refractivity contribution in [1.82, 2.24) is 0 Å². The predicted octanol–water partition coefficient (Wildman–Crippen LogP) is 12.6. The maximum Gasteiger partial charge on any atom is 0.135 e. The standard InChI is InChI=1S/C44H29NO/c1-2-6-33-25-35(14-13-29(33)5-1)38-18-17-36-26-34(15-16-37(36)27-38)32-11-9-30(10-12-32)31-19-21-39(22-20-31)45-40-23-24-44-42(28-40)41-7-3-4-8-43(41)46-44/h1-28,45H. The minimum Gasteiger partial charge on any atom is -0.456 e. The fourth-order valence-corrected chi connectivity index (χ4v) is 6.55. The van der Waals surface area contributed by atoms with E-state index in [2.05, 4.69) is 151 Å². The van der Waals surface area contributed by atoms with Crippen molar-refractivity contribution in [2.24, 2.45) is 0 Å². The van der Waals surface area contributed by atoms with Gasteiger partial charge in [-0.05, 0) is 110 Å². The van der Waals surface area contributed by atoms with Crippen molar-refractivity contribution in [3.05, 3.63) is 170 Å². The van der Waals surface area contributed by atoms with Gasteiger partial charge in [0.05, 0.1) is 0 Å². The van der Waals surface area contributed by atoms with Crippen LogP contribution in [0.25, 0.3) is 76.9 Å². The first-order valence-corrected chi connectivity index (χ1v) is 15.7. The van der Waals surface area contributed by atoms with Gasteiger partial charge in [0.15, 0.2) is 0 Å². The Morgan fingerprint density at radius 3 is 1.46 bits per heavy atom. The van der Waals surface area contributed by atoms with E-state index in [1.165, 1.54) is 54.9 Å². The Balaban J connectivity index is 0.925. The second-order valence-corrected chi connectivity index (χ2v) is 11.9. The Hall–Kier alpha value is -6.12. The Labute approximate surface area is 267 Å². The molecule has 0 aliphatic heterocycles. The summed E-state index contributed by atoms with van der Waals surface area (Å²) < 4.78 is 5.98. The molecule has 0 bridgehead atoms. The van der Waals surface area contributed by atoms with E-state index in [1.807, 2.05) is 24.3 Å². The zero-order valence-electron chi connectivity index (χ0n) is 25.1. The average molecular weight is 588 g/mol. The summed E-state index contributed by atoms with van der Waals surface area (Å²) in [5.41, 5.74) is 11.2. The number of rotatable bonds is 5. The normalized spacial score (nSPS) is 11.5. The summed E-state index contributed by atoms with van der Waals surface area (Å²) in [5, 5.41) is 10.8. The Kier molecular flexibility index (Phi) is 6.17. The fraction of sp³-hybridized carbons (Fsp3) is 0. The maximum atomic E-state index is 5.98. The van der Waals surface area contributed by atoms with Crippen LogP contribution in [-0.4, -0.2) is 0 Å². The van der Waals surface area contributed by atoms with Crippen LogP contribution in [0.1, 0.15) is 0 Å². The van der Waals surface area contributed by atoms with E-state index in [0.29, 0.717) is 0 Å². The largest absolute Gasteiger partial charge is 0.456 e. The van der Waals surface area contributed by atoms with Gasteiger partial charge in [-0.3, -0.25) is 0 Å². The highest BCUT2D eigenvalue weighted by atomic mass is 16.3. The molecule has 8 aromatic carbocycles. The molecule has 1 aromatic heterocycles. The summed E-state index contributed by atoms with van der Waals surface area (Å²) in [6.07, 6.45) is 0. The molecule has 0 amide bonds. The van der Waals surface area contributed by atoms with E-state index in [9.17, 15) is 0 Å². The lowest BCUT2D eigenvalue weighted by Gasteiger charge is -2.10. The number of nitrogens with one attached hydrogen (secondary N) is 1. The van der Waals surface area contributed by atoms with Crippen molar-refractivity contribution < 1.29 is 4.42 Å². The summed E-state index contributed by atoms with van der Waals surface area (Å²) in [5.74, 6) is 0. The van der Waals surface area contributed by atoms with Crippen molar-refractivity contribution in [1.29, 1.82) is 0 Å². The van der Waals surface area contributed by atoms with Gasteiger partial charge < -0.3 is 9.73 Å². The zero-order chi connectivity index (χ0) is 30.5. The topological polar surface area (TPSA) is 25.2 Å². The van der Waals surface area contributed by atoms with Crippen LogP contribution in [0.15, 0.2) is 174 Å². The van der Waals surface area contributed by atoms with Gasteiger partial charge in [0.2, 0.25) is 0 Å². The first-order chi connectivity index (χ1) is 22.7. The number of hydrogen-bond donors (Lipinski definition) is 1. The second kappa shape index (κ2) is 10.8. The summed E-state index contributed by atoms with van der Waals surface area (Å²) in [4.78, 5) is 0. The number of benzene rings is 8. The average Bonchev–Trinajstić information content (AvgIpc) is 3.49. The van der Waals surface area contributed by atoms with Crippen LogP contribution in [0, 0.1) is 0 Å². The Morgan fingerprint density at radius 1 is 0.304 bits per heavy atom. The SMILES string of the molecule is c1ccc2cc(-c3ccc4cc(-c5ccc(-c6ccc(Nc7ccc8oc9ccccc9c8c7)cc6)cc5)ccc4c3)ccc2c1. The van der Waals surface area contributed by atoms with Crippen molar-refractivity contribution in [2.75, 3.05) is 5.32 Å². The first-order valence-electron chi connectivity index (χ1n) is 15.7. The highest BCUT2D eigenvalue weighted by Crippen LogP contribution is 2.33. The zero-order valence-corrected chi connectivity index (χ0v) is 25.1. The van der Waals surface area contributed by atoms with Crippen LogP contribution in [0.4, 0.5) is 11.4 Å². The lowest BCUT2D eigenvalue weighted by Crippen LogP contribution is -1.90. The quantitative estimate of drug-likeness (QED) is 0.217. The molecular formula is C44H29NO. The van der Waals surface area contributed by atoms with Crippen LogP contribution in [-0.2, 0) is 0 Å². The van der Waals surface area contributed by atoms with Gasteiger partial charge >= 0.3 is 0 Å². The van der Waals surface area contributed by atoms with Crippen LogP contribution in [0.5, 0.6) is 0 Å². The minimum atomic E-state index is 0.903. The number of para-hydroxylation sites is 1. The molecule has 0 unspecified atom stereocenters. The van der Waals surface area contributed by atoms with E-state index < -0.39 is 0 Å². The van der Waals surface area contributed by atoms with Gasteiger partial charge in [-0.1, -0.05) is 115 Å². The molecule has 2 nitrogen and oxygen atoms in total. The highest BCUT2D eigenvalue weighted by Gasteiger charge is 2.08. The van der Waals surface area contributed by atoms with Crippen LogP contribution in [0.2, 0.25) is 0 Å². The first kappa shape index (κ1) is 26.3. The van der Waals surface area contributed by atoms with E-state index in [0.717, 1.165) is 33.3 Å². The molecule has 0 aliphatic rings. The molecule has 1 N–H and O–H groups in total. The lowest BCUT2D eigenvalue weighted by atomic mass is 9.96. The van der Waals surface area contributed by atoms with Crippen molar-refractivity contribution in [3.8, 4) is 33.4 Å². The summed E-state index contributed by atoms with van der Waals surface area (Å²) >= 11 is 0. The molecule has 9 aromatic rings. The van der Waals surface area contributed by atoms with Crippen LogP contribution >= 0.6 is 0 Å². The third-order valence-corrected chi connectivity index (χ3v) is 9.02. The Bertz CT molecular complexity index is 2540. The predicted molar refractivity (Wildman–Crippen MR) is 195 cm³/mol. The molecular weight excluding hydrogens is 558 g/mol. The van der Waals surface area contributed by atoms with Crippen molar-refractivity contribution in [2.45, 2.75) is 0 Å². The van der Waals surface area contributed by atoms with E-state index in [-0.39, 0.29) is 0 Å². The van der Waals surface area contributed by atoms with Gasteiger partial charge in [0, 0.05) is 22.1 Å². The molecule has 0 atom stereocenters. The molecule has 0 saturated carbocycles. The molecule has 0 fully saturated rings. The van der Waals surface area contributed by atoms with Gasteiger partial charge in [-0.2, -0.15) is 0 Å². The molecule has 0 saturated heterocycles. The molecule has 1 heterocycles. The molecule has 2 heteroatoms. The Morgan fingerprint density at radius 2 is 0.761 bits per heavy atom. The van der Waals surface area contributed by atoms with Gasteiger partial charge in [0.25, 0.3) is 0 Å². The smallest absolute Gasteiger partial charge is 0.135 e. The van der Waals surface area contributed by atoms with E-state index >= 15 is 0 Å². The molecule has 0 radical (unpaired) electrons. The van der Waals surface area contributed by atoms with Crippen LogP contribution in [0.3, 0.4) is 0 Å². The minimum absolute atomic E-state index is 0.903. The number of hydrogen-bond acceptors (Lipinski definition) is 2. The molecule has 46 heavy (non-hydrogen) atoms. The summed E-state index contributed by atoms with van der Waals surface area (Å²) in [7, 11) is 0. The van der Waals surface area contributed by atoms with E-state index in [1.54, 1.807) is 0 Å². The van der Waals surface area contributed by atoms with Gasteiger partial charge in [-0.15, -0.1) is 0 Å². The third kappa shape index (κ3) is 4.77. The van der Waals surface area contributed by atoms with E-state index in [4.69, 9.17) is 4.42 Å². The maximum absolute atomic E-state index is 5.98. The van der Waals surface area contributed by atoms with Gasteiger partial charge in [0.1, 0.15) is 11.2 Å². The second-order valence-electron chi connectivity index (χ2n) is 11.9. The lowest BCUT2D eigenvalue weighted by molar-refractivity contribution is 0.669. The summed E-state index contributed by atoms with van der Waals surface area (Å²) in [6, 6.07) is 60.6. The molecule has 9 rings (SSSR count). The summed E-state index contributed by atoms with van der Waals surface area (Å²) in [6.45, 7) is 0. The van der Waals surface area contributed by atoms with Gasteiger partial charge in [-0.25, -0.2) is 0 Å². The number of fused-ring (bicyclic) bond motifs is 5. The highest BCUT2D eigenvalue weighted by molar-refractivity contribution is 6.06. The molecule has 216 valence electrons. The van der Waals surface area contributed by atoms with Crippen LogP contribution < -0.4 is 5.32 Å². The number of anilines is 2. The van der Waals surface area contributed by atoms with Crippen molar-refractivity contribution in [3.63, 3.8) is 0 Å². The number of furan rings is 1. The fourth-order valence-electron chi connectivity index (χ4n) is 6.55. The van der Waals surface area contributed by atoms with Crippen molar-refractivity contribution >= 4 is 54.9 Å². The molecule has 0 spiro atoms. The molecule has 0 aliphatic carbocycles. The third-order valence-electron chi connectivity index (χ3n) is 9.02. The monoisotopic (exact) mass is 587 g/mol.